The first kappa shape index (κ1) is 19.9. The second-order valence-electron chi connectivity index (χ2n) is 5.08. The Morgan fingerprint density at radius 3 is 2.17 bits per heavy atom. The normalized spacial score (nSPS) is 10.1. The summed E-state index contributed by atoms with van der Waals surface area (Å²) in [6, 6.07) is 3.46. The number of nitrogens with one attached hydrogen (secondary N) is 3. The van der Waals surface area contributed by atoms with Crippen molar-refractivity contribution in [2.24, 2.45) is 0 Å². The Morgan fingerprint density at radius 2 is 1.58 bits per heavy atom. The maximum Gasteiger partial charge on any atom is 0.252 e. The number of amides is 3. The molecule has 0 aliphatic rings. The van der Waals surface area contributed by atoms with Gasteiger partial charge in [0.05, 0.1) is 10.6 Å². The highest BCUT2D eigenvalue weighted by Gasteiger charge is 2.11. The van der Waals surface area contributed by atoms with Gasteiger partial charge in [0, 0.05) is 32.5 Å². The van der Waals surface area contributed by atoms with Gasteiger partial charge in [-0.05, 0) is 24.6 Å². The molecule has 0 aliphatic heterocycles. The standard InChI is InChI=1S/C16H21ClFN3O3/c1-2-7-19-14(22)5-8-20-15(23)6-9-21-16(24)12-4-3-11(18)10-13(12)17/h3-4,10H,2,5-9H2,1H3,(H,19,22)(H,20,23)(H,21,24). The lowest BCUT2D eigenvalue weighted by Crippen LogP contribution is -2.33. The van der Waals surface area contributed by atoms with Crippen molar-refractivity contribution in [1.82, 2.24) is 16.0 Å². The van der Waals surface area contributed by atoms with Crippen LogP contribution in [0.25, 0.3) is 0 Å². The van der Waals surface area contributed by atoms with E-state index in [4.69, 9.17) is 11.6 Å². The molecule has 3 amide bonds. The highest BCUT2D eigenvalue weighted by atomic mass is 35.5. The van der Waals surface area contributed by atoms with Crippen LogP contribution in [0, 0.1) is 5.82 Å². The zero-order valence-corrected chi connectivity index (χ0v) is 14.2. The lowest BCUT2D eigenvalue weighted by molar-refractivity contribution is -0.122. The molecular weight excluding hydrogens is 337 g/mol. The van der Waals surface area contributed by atoms with Gasteiger partial charge in [-0.15, -0.1) is 0 Å². The number of halogens is 2. The van der Waals surface area contributed by atoms with E-state index in [1.807, 2.05) is 6.92 Å². The van der Waals surface area contributed by atoms with Crippen molar-refractivity contribution in [2.75, 3.05) is 19.6 Å². The van der Waals surface area contributed by atoms with E-state index in [0.29, 0.717) is 6.54 Å². The number of carbonyl (C=O) groups excluding carboxylic acids is 3. The maximum absolute atomic E-state index is 12.9. The Labute approximate surface area is 145 Å². The lowest BCUT2D eigenvalue weighted by Gasteiger charge is -2.08. The molecule has 6 nitrogen and oxygen atoms in total. The van der Waals surface area contributed by atoms with Gasteiger partial charge in [-0.25, -0.2) is 4.39 Å². The van der Waals surface area contributed by atoms with Gasteiger partial charge in [0.2, 0.25) is 11.8 Å². The highest BCUT2D eigenvalue weighted by Crippen LogP contribution is 2.16. The quantitative estimate of drug-likeness (QED) is 0.627. The molecule has 8 heteroatoms. The zero-order valence-electron chi connectivity index (χ0n) is 13.5. The van der Waals surface area contributed by atoms with E-state index < -0.39 is 11.7 Å². The molecule has 0 aromatic heterocycles. The molecule has 0 aliphatic carbocycles. The fraction of sp³-hybridized carbons (Fsp3) is 0.438. The SMILES string of the molecule is CCCNC(=O)CCNC(=O)CCNC(=O)c1ccc(F)cc1Cl. The molecule has 0 spiro atoms. The molecular formula is C16H21ClFN3O3. The van der Waals surface area contributed by atoms with E-state index in [1.165, 1.54) is 6.07 Å². The summed E-state index contributed by atoms with van der Waals surface area (Å²) < 4.78 is 12.9. The van der Waals surface area contributed by atoms with Gasteiger partial charge in [-0.1, -0.05) is 18.5 Å². The van der Waals surface area contributed by atoms with Gasteiger partial charge in [0.1, 0.15) is 5.82 Å². The largest absolute Gasteiger partial charge is 0.356 e. The third kappa shape index (κ3) is 7.41. The van der Waals surface area contributed by atoms with Gasteiger partial charge >= 0.3 is 0 Å². The highest BCUT2D eigenvalue weighted by molar-refractivity contribution is 6.33. The zero-order chi connectivity index (χ0) is 17.9. The Balaban J connectivity index is 2.23. The summed E-state index contributed by atoms with van der Waals surface area (Å²) in [4.78, 5) is 34.8. The van der Waals surface area contributed by atoms with E-state index in [9.17, 15) is 18.8 Å². The maximum atomic E-state index is 12.9. The van der Waals surface area contributed by atoms with Crippen LogP contribution in [-0.4, -0.2) is 37.4 Å². The van der Waals surface area contributed by atoms with E-state index in [1.54, 1.807) is 0 Å². The summed E-state index contributed by atoms with van der Waals surface area (Å²) in [6.45, 7) is 2.92. The first-order valence-electron chi connectivity index (χ1n) is 7.70. The smallest absolute Gasteiger partial charge is 0.252 e. The molecule has 1 aromatic carbocycles. The molecule has 0 heterocycles. The molecule has 0 unspecified atom stereocenters. The van der Waals surface area contributed by atoms with Crippen LogP contribution in [0.2, 0.25) is 5.02 Å². The molecule has 1 rings (SSSR count). The molecule has 0 bridgehead atoms. The van der Waals surface area contributed by atoms with Crippen molar-refractivity contribution in [2.45, 2.75) is 26.2 Å². The number of rotatable bonds is 9. The van der Waals surface area contributed by atoms with Crippen LogP contribution in [0.4, 0.5) is 4.39 Å². The predicted octanol–water partition coefficient (Wildman–Crippen LogP) is 1.63. The van der Waals surface area contributed by atoms with E-state index >= 15 is 0 Å². The predicted molar refractivity (Wildman–Crippen MR) is 89.3 cm³/mol. The van der Waals surface area contributed by atoms with Crippen molar-refractivity contribution in [1.29, 1.82) is 0 Å². The van der Waals surface area contributed by atoms with Crippen LogP contribution >= 0.6 is 11.6 Å². The Hall–Kier alpha value is -2.15. The third-order valence-electron chi connectivity index (χ3n) is 3.06. The molecule has 3 N–H and O–H groups in total. The fourth-order valence-electron chi connectivity index (χ4n) is 1.82. The third-order valence-corrected chi connectivity index (χ3v) is 3.37. The van der Waals surface area contributed by atoms with Crippen LogP contribution in [-0.2, 0) is 9.59 Å². The molecule has 0 atom stereocenters. The number of carbonyl (C=O) groups is 3. The van der Waals surface area contributed by atoms with Crippen LogP contribution < -0.4 is 16.0 Å². The fourth-order valence-corrected chi connectivity index (χ4v) is 2.07. The topological polar surface area (TPSA) is 87.3 Å². The van der Waals surface area contributed by atoms with Gasteiger partial charge in [-0.2, -0.15) is 0 Å². The van der Waals surface area contributed by atoms with Gasteiger partial charge in [-0.3, -0.25) is 14.4 Å². The van der Waals surface area contributed by atoms with Crippen LogP contribution in [0.1, 0.15) is 36.5 Å². The second-order valence-corrected chi connectivity index (χ2v) is 5.49. The van der Waals surface area contributed by atoms with Gasteiger partial charge in [0.25, 0.3) is 5.91 Å². The summed E-state index contributed by atoms with van der Waals surface area (Å²) in [5.74, 6) is -1.40. The average molecular weight is 358 g/mol. The molecule has 132 valence electrons. The number of hydrogen-bond acceptors (Lipinski definition) is 3. The monoisotopic (exact) mass is 357 g/mol. The van der Waals surface area contributed by atoms with E-state index in [2.05, 4.69) is 16.0 Å². The van der Waals surface area contributed by atoms with Crippen molar-refractivity contribution in [3.63, 3.8) is 0 Å². The van der Waals surface area contributed by atoms with Crippen LogP contribution in [0.15, 0.2) is 18.2 Å². The average Bonchev–Trinajstić information content (AvgIpc) is 2.52. The molecule has 0 saturated carbocycles. The Morgan fingerprint density at radius 1 is 1.00 bits per heavy atom. The van der Waals surface area contributed by atoms with E-state index in [-0.39, 0.29) is 48.3 Å². The van der Waals surface area contributed by atoms with Crippen LogP contribution in [0.3, 0.4) is 0 Å². The summed E-state index contributed by atoms with van der Waals surface area (Å²) in [5.41, 5.74) is 0.145. The molecule has 0 radical (unpaired) electrons. The molecule has 24 heavy (non-hydrogen) atoms. The first-order chi connectivity index (χ1) is 11.4. The summed E-state index contributed by atoms with van der Waals surface area (Å²) in [5, 5.41) is 7.84. The van der Waals surface area contributed by atoms with Crippen molar-refractivity contribution < 1.29 is 18.8 Å². The minimum Gasteiger partial charge on any atom is -0.356 e. The minimum absolute atomic E-state index is 0.00930. The molecule has 0 fully saturated rings. The van der Waals surface area contributed by atoms with Crippen molar-refractivity contribution in [3.05, 3.63) is 34.6 Å². The van der Waals surface area contributed by atoms with Gasteiger partial charge < -0.3 is 16.0 Å². The minimum atomic E-state index is -0.529. The van der Waals surface area contributed by atoms with E-state index in [0.717, 1.165) is 18.6 Å². The number of hydrogen-bond donors (Lipinski definition) is 3. The summed E-state index contributed by atoms with van der Waals surface area (Å²) >= 11 is 5.78. The van der Waals surface area contributed by atoms with Gasteiger partial charge in [0.15, 0.2) is 0 Å². The Bertz CT molecular complexity index is 596. The lowest BCUT2D eigenvalue weighted by atomic mass is 10.2. The molecule has 1 aromatic rings. The summed E-state index contributed by atoms with van der Waals surface area (Å²) in [6.07, 6.45) is 1.14. The number of benzene rings is 1. The Kier molecular flexibility index (Phi) is 8.78. The molecule has 0 saturated heterocycles. The second kappa shape index (κ2) is 10.6. The van der Waals surface area contributed by atoms with Crippen LogP contribution in [0.5, 0.6) is 0 Å². The van der Waals surface area contributed by atoms with Crippen molar-refractivity contribution >= 4 is 29.3 Å². The first-order valence-corrected chi connectivity index (χ1v) is 8.08. The summed E-state index contributed by atoms with van der Waals surface area (Å²) in [7, 11) is 0. The van der Waals surface area contributed by atoms with Crippen molar-refractivity contribution in [3.8, 4) is 0 Å².